The summed E-state index contributed by atoms with van der Waals surface area (Å²) in [5.41, 5.74) is 0.314. The summed E-state index contributed by atoms with van der Waals surface area (Å²) in [6.07, 6.45) is 13.8. The smallest absolute Gasteiger partial charge is 0.0685 e. The summed E-state index contributed by atoms with van der Waals surface area (Å²) in [6, 6.07) is 0.770. The van der Waals surface area contributed by atoms with Gasteiger partial charge in [0.2, 0.25) is 0 Å². The van der Waals surface area contributed by atoms with Crippen LogP contribution in [0.5, 0.6) is 0 Å². The molecule has 2 saturated carbocycles. The van der Waals surface area contributed by atoms with Crippen LogP contribution in [0.2, 0.25) is 0 Å². The van der Waals surface area contributed by atoms with E-state index in [9.17, 15) is 0 Å². The fourth-order valence-corrected chi connectivity index (χ4v) is 4.19. The molecule has 1 aliphatic heterocycles. The van der Waals surface area contributed by atoms with Crippen molar-refractivity contribution < 1.29 is 4.74 Å². The average Bonchev–Trinajstić information content (AvgIpc) is 2.35. The van der Waals surface area contributed by atoms with Gasteiger partial charge in [-0.3, -0.25) is 0 Å². The van der Waals surface area contributed by atoms with E-state index in [4.69, 9.17) is 4.74 Å². The fraction of sp³-hybridized carbons (Fsp3) is 1.00. The third kappa shape index (κ3) is 3.16. The fourth-order valence-electron chi connectivity index (χ4n) is 4.19. The predicted molar refractivity (Wildman–Crippen MR) is 79.3 cm³/mol. The molecule has 0 amide bonds. The standard InChI is InChI=1S/C17H31NO/c1-2-10-18-16(12-14-5-3-6-14)15-7-11-19-17(13-15)8-4-9-17/h14-16,18H,2-13H2,1H3. The number of ether oxygens (including phenoxy) is 1. The maximum absolute atomic E-state index is 6.10. The van der Waals surface area contributed by atoms with Crippen molar-refractivity contribution in [2.75, 3.05) is 13.2 Å². The Morgan fingerprint density at radius 1 is 1.21 bits per heavy atom. The molecular formula is C17H31NO. The van der Waals surface area contributed by atoms with E-state index in [-0.39, 0.29) is 0 Å². The Hall–Kier alpha value is -0.0800. The maximum atomic E-state index is 6.10. The Morgan fingerprint density at radius 2 is 2.05 bits per heavy atom. The molecule has 2 nitrogen and oxygen atoms in total. The molecule has 110 valence electrons. The van der Waals surface area contributed by atoms with Gasteiger partial charge in [0.15, 0.2) is 0 Å². The Labute approximate surface area is 118 Å². The van der Waals surface area contributed by atoms with Gasteiger partial charge in [-0.2, -0.15) is 0 Å². The van der Waals surface area contributed by atoms with Crippen LogP contribution in [0.15, 0.2) is 0 Å². The lowest BCUT2D eigenvalue weighted by molar-refractivity contribution is -0.148. The molecule has 1 saturated heterocycles. The molecule has 0 radical (unpaired) electrons. The zero-order valence-electron chi connectivity index (χ0n) is 12.6. The minimum Gasteiger partial charge on any atom is -0.375 e. The topological polar surface area (TPSA) is 21.3 Å². The Bertz CT molecular complexity index is 283. The molecule has 3 fully saturated rings. The van der Waals surface area contributed by atoms with E-state index in [1.807, 2.05) is 0 Å². The number of hydrogen-bond donors (Lipinski definition) is 1. The molecule has 0 bridgehead atoms. The summed E-state index contributed by atoms with van der Waals surface area (Å²) in [5, 5.41) is 3.87. The van der Waals surface area contributed by atoms with Crippen molar-refractivity contribution in [2.45, 2.75) is 82.8 Å². The molecule has 1 heterocycles. The van der Waals surface area contributed by atoms with Crippen molar-refractivity contribution in [1.82, 2.24) is 5.32 Å². The molecule has 0 aromatic heterocycles. The minimum atomic E-state index is 0.314. The van der Waals surface area contributed by atoms with Crippen LogP contribution >= 0.6 is 0 Å². The van der Waals surface area contributed by atoms with Crippen LogP contribution in [-0.2, 0) is 4.74 Å². The van der Waals surface area contributed by atoms with Gasteiger partial charge in [0, 0.05) is 12.6 Å². The Balaban J connectivity index is 1.56. The van der Waals surface area contributed by atoms with Crippen molar-refractivity contribution in [2.24, 2.45) is 11.8 Å². The van der Waals surface area contributed by atoms with E-state index >= 15 is 0 Å². The first kappa shape index (κ1) is 13.9. The monoisotopic (exact) mass is 265 g/mol. The molecule has 2 atom stereocenters. The highest BCUT2D eigenvalue weighted by Gasteiger charge is 2.44. The molecule has 2 unspecified atom stereocenters. The SMILES string of the molecule is CCCNC(CC1CCC1)C1CCOC2(CCC2)C1. The highest BCUT2D eigenvalue weighted by molar-refractivity contribution is 4.97. The molecule has 0 aromatic carbocycles. The van der Waals surface area contributed by atoms with E-state index in [0.29, 0.717) is 5.60 Å². The number of rotatable bonds is 6. The third-order valence-electron chi connectivity index (χ3n) is 5.83. The lowest BCUT2D eigenvalue weighted by atomic mass is 9.68. The van der Waals surface area contributed by atoms with Gasteiger partial charge in [-0.1, -0.05) is 26.2 Å². The van der Waals surface area contributed by atoms with E-state index in [2.05, 4.69) is 12.2 Å². The van der Waals surface area contributed by atoms with Crippen LogP contribution in [0.4, 0.5) is 0 Å². The van der Waals surface area contributed by atoms with Gasteiger partial charge in [0.1, 0.15) is 0 Å². The van der Waals surface area contributed by atoms with Crippen LogP contribution in [-0.4, -0.2) is 24.8 Å². The van der Waals surface area contributed by atoms with Crippen LogP contribution in [0.3, 0.4) is 0 Å². The second-order valence-corrected chi connectivity index (χ2v) is 7.23. The van der Waals surface area contributed by atoms with E-state index in [1.165, 1.54) is 70.8 Å². The second kappa shape index (κ2) is 6.13. The molecule has 1 spiro atoms. The third-order valence-corrected chi connectivity index (χ3v) is 5.83. The van der Waals surface area contributed by atoms with Gasteiger partial charge in [0.05, 0.1) is 5.60 Å². The van der Waals surface area contributed by atoms with Crippen LogP contribution < -0.4 is 5.32 Å². The van der Waals surface area contributed by atoms with E-state index in [0.717, 1.165) is 24.5 Å². The molecule has 2 heteroatoms. The average molecular weight is 265 g/mol. The largest absolute Gasteiger partial charge is 0.375 e. The lowest BCUT2D eigenvalue weighted by Gasteiger charge is -2.49. The predicted octanol–water partition coefficient (Wildman–Crippen LogP) is 3.89. The first-order valence-corrected chi connectivity index (χ1v) is 8.69. The summed E-state index contributed by atoms with van der Waals surface area (Å²) in [6.45, 7) is 4.49. The summed E-state index contributed by atoms with van der Waals surface area (Å²) in [7, 11) is 0. The van der Waals surface area contributed by atoms with Crippen molar-refractivity contribution in [3.05, 3.63) is 0 Å². The van der Waals surface area contributed by atoms with Gasteiger partial charge in [0.25, 0.3) is 0 Å². The summed E-state index contributed by atoms with van der Waals surface area (Å²) < 4.78 is 6.10. The highest BCUT2D eigenvalue weighted by Crippen LogP contribution is 2.46. The maximum Gasteiger partial charge on any atom is 0.0685 e. The second-order valence-electron chi connectivity index (χ2n) is 7.23. The normalized spacial score (nSPS) is 31.7. The van der Waals surface area contributed by atoms with Gasteiger partial charge < -0.3 is 10.1 Å². The molecule has 0 aromatic rings. The summed E-state index contributed by atoms with van der Waals surface area (Å²) in [5.74, 6) is 1.90. The number of hydrogen-bond acceptors (Lipinski definition) is 2. The van der Waals surface area contributed by atoms with Crippen molar-refractivity contribution in [1.29, 1.82) is 0 Å². The quantitative estimate of drug-likeness (QED) is 0.786. The van der Waals surface area contributed by atoms with Gasteiger partial charge in [-0.15, -0.1) is 0 Å². The zero-order chi connectivity index (χ0) is 13.1. The molecule has 3 rings (SSSR count). The zero-order valence-corrected chi connectivity index (χ0v) is 12.6. The van der Waals surface area contributed by atoms with Gasteiger partial charge in [-0.25, -0.2) is 0 Å². The molecule has 2 aliphatic carbocycles. The molecular weight excluding hydrogens is 234 g/mol. The van der Waals surface area contributed by atoms with Crippen LogP contribution in [0.25, 0.3) is 0 Å². The number of nitrogens with one attached hydrogen (secondary N) is 1. The Kier molecular flexibility index (Phi) is 4.48. The molecule has 19 heavy (non-hydrogen) atoms. The van der Waals surface area contributed by atoms with Gasteiger partial charge >= 0.3 is 0 Å². The van der Waals surface area contributed by atoms with Gasteiger partial charge in [-0.05, 0) is 63.3 Å². The minimum absolute atomic E-state index is 0.314. The van der Waals surface area contributed by atoms with Crippen molar-refractivity contribution >= 4 is 0 Å². The van der Waals surface area contributed by atoms with E-state index < -0.39 is 0 Å². The molecule has 3 aliphatic rings. The summed E-state index contributed by atoms with van der Waals surface area (Å²) >= 11 is 0. The first-order valence-electron chi connectivity index (χ1n) is 8.69. The molecule has 1 N–H and O–H groups in total. The lowest BCUT2D eigenvalue weighted by Crippen LogP contribution is -2.51. The van der Waals surface area contributed by atoms with Crippen LogP contribution in [0, 0.1) is 11.8 Å². The highest BCUT2D eigenvalue weighted by atomic mass is 16.5. The first-order chi connectivity index (χ1) is 9.31. The van der Waals surface area contributed by atoms with E-state index in [1.54, 1.807) is 0 Å². The Morgan fingerprint density at radius 3 is 2.63 bits per heavy atom. The van der Waals surface area contributed by atoms with Crippen molar-refractivity contribution in [3.8, 4) is 0 Å². The van der Waals surface area contributed by atoms with Crippen LogP contribution in [0.1, 0.15) is 71.1 Å². The summed E-state index contributed by atoms with van der Waals surface area (Å²) in [4.78, 5) is 0. The van der Waals surface area contributed by atoms with Crippen molar-refractivity contribution in [3.63, 3.8) is 0 Å².